The topological polar surface area (TPSA) is 67.8 Å². The fourth-order valence-corrected chi connectivity index (χ4v) is 3.78. The van der Waals surface area contributed by atoms with E-state index in [0.29, 0.717) is 13.1 Å². The molecule has 0 spiro atoms. The van der Waals surface area contributed by atoms with Crippen molar-refractivity contribution in [3.8, 4) is 11.5 Å². The molecule has 0 saturated heterocycles. The average Bonchev–Trinajstić information content (AvgIpc) is 3.26. The SMILES string of the molecule is CCNC(=NCc1cc(Br)c2c(c1)OCO2)NCc1ncc(CC)s1. The van der Waals surface area contributed by atoms with Gasteiger partial charge in [0.1, 0.15) is 5.01 Å². The van der Waals surface area contributed by atoms with Crippen molar-refractivity contribution < 1.29 is 9.47 Å². The lowest BCUT2D eigenvalue weighted by Gasteiger charge is -2.10. The largest absolute Gasteiger partial charge is 0.454 e. The van der Waals surface area contributed by atoms with Crippen LogP contribution in [0.25, 0.3) is 0 Å². The van der Waals surface area contributed by atoms with Gasteiger partial charge in [0.15, 0.2) is 17.5 Å². The predicted octanol–water partition coefficient (Wildman–Crippen LogP) is 3.45. The Morgan fingerprint density at radius 3 is 2.96 bits per heavy atom. The van der Waals surface area contributed by atoms with Gasteiger partial charge in [-0.05, 0) is 47.0 Å². The van der Waals surface area contributed by atoms with Crippen LogP contribution in [-0.2, 0) is 19.5 Å². The van der Waals surface area contributed by atoms with E-state index in [9.17, 15) is 0 Å². The lowest BCUT2D eigenvalue weighted by atomic mass is 10.2. The van der Waals surface area contributed by atoms with Crippen molar-refractivity contribution in [2.45, 2.75) is 33.4 Å². The van der Waals surface area contributed by atoms with E-state index in [1.54, 1.807) is 11.3 Å². The minimum atomic E-state index is 0.262. The Balaban J connectivity index is 1.64. The van der Waals surface area contributed by atoms with Crippen LogP contribution in [0.15, 0.2) is 27.8 Å². The van der Waals surface area contributed by atoms with E-state index in [0.717, 1.165) is 45.5 Å². The second-order valence-corrected chi connectivity index (χ2v) is 7.49. The Hall–Kier alpha value is -1.80. The number of aryl methyl sites for hydroxylation is 1. The molecule has 2 N–H and O–H groups in total. The third-order valence-corrected chi connectivity index (χ3v) is 5.34. The zero-order valence-corrected chi connectivity index (χ0v) is 16.7. The summed E-state index contributed by atoms with van der Waals surface area (Å²) in [5.74, 6) is 2.28. The van der Waals surface area contributed by atoms with Crippen molar-refractivity contribution in [3.05, 3.63) is 38.3 Å². The highest BCUT2D eigenvalue weighted by Crippen LogP contribution is 2.40. The average molecular weight is 425 g/mol. The fraction of sp³-hybridized carbons (Fsp3) is 0.412. The van der Waals surface area contributed by atoms with Crippen LogP contribution in [0.3, 0.4) is 0 Å². The quantitative estimate of drug-likeness (QED) is 0.548. The number of aliphatic imine (C=N–C) groups is 1. The maximum Gasteiger partial charge on any atom is 0.231 e. The van der Waals surface area contributed by atoms with Crippen molar-refractivity contribution in [2.75, 3.05) is 13.3 Å². The molecule has 8 heteroatoms. The summed E-state index contributed by atoms with van der Waals surface area (Å²) >= 11 is 5.24. The molecule has 0 radical (unpaired) electrons. The molecule has 0 fully saturated rings. The molecule has 2 heterocycles. The van der Waals surface area contributed by atoms with Crippen LogP contribution in [0.1, 0.15) is 29.3 Å². The molecule has 0 atom stereocenters. The number of nitrogens with one attached hydrogen (secondary N) is 2. The first-order valence-corrected chi connectivity index (χ1v) is 9.84. The van der Waals surface area contributed by atoms with Crippen LogP contribution in [0.4, 0.5) is 0 Å². The number of guanidine groups is 1. The van der Waals surface area contributed by atoms with E-state index in [4.69, 9.17) is 9.47 Å². The number of hydrogen-bond acceptors (Lipinski definition) is 5. The summed E-state index contributed by atoms with van der Waals surface area (Å²) < 4.78 is 11.8. The van der Waals surface area contributed by atoms with Crippen molar-refractivity contribution >= 4 is 33.2 Å². The molecule has 2 aromatic rings. The monoisotopic (exact) mass is 424 g/mol. The van der Waals surface area contributed by atoms with E-state index in [2.05, 4.69) is 43.5 Å². The van der Waals surface area contributed by atoms with Gasteiger partial charge in [-0.3, -0.25) is 0 Å². The molecule has 1 aliphatic heterocycles. The zero-order chi connectivity index (χ0) is 17.6. The normalized spacial score (nSPS) is 13.2. The molecule has 0 bridgehead atoms. The summed E-state index contributed by atoms with van der Waals surface area (Å²) in [6.45, 7) is 6.46. The molecule has 0 unspecified atom stereocenters. The van der Waals surface area contributed by atoms with E-state index in [1.807, 2.05) is 25.3 Å². The Bertz CT molecular complexity index is 763. The lowest BCUT2D eigenvalue weighted by Crippen LogP contribution is -2.36. The van der Waals surface area contributed by atoms with Gasteiger partial charge < -0.3 is 20.1 Å². The van der Waals surface area contributed by atoms with E-state index >= 15 is 0 Å². The van der Waals surface area contributed by atoms with Crippen molar-refractivity contribution in [2.24, 2.45) is 4.99 Å². The van der Waals surface area contributed by atoms with Crippen molar-refractivity contribution in [3.63, 3.8) is 0 Å². The highest BCUT2D eigenvalue weighted by Gasteiger charge is 2.17. The molecule has 0 amide bonds. The maximum atomic E-state index is 5.45. The number of aromatic nitrogens is 1. The zero-order valence-electron chi connectivity index (χ0n) is 14.3. The van der Waals surface area contributed by atoms with Gasteiger partial charge in [0.2, 0.25) is 6.79 Å². The Morgan fingerprint density at radius 2 is 2.20 bits per heavy atom. The number of hydrogen-bond donors (Lipinski definition) is 2. The first kappa shape index (κ1) is 18.0. The second kappa shape index (κ2) is 8.53. The molecule has 1 aromatic heterocycles. The highest BCUT2D eigenvalue weighted by molar-refractivity contribution is 9.10. The van der Waals surface area contributed by atoms with Gasteiger partial charge in [-0.15, -0.1) is 11.3 Å². The molecule has 0 saturated carbocycles. The van der Waals surface area contributed by atoms with E-state index < -0.39 is 0 Å². The second-order valence-electron chi connectivity index (χ2n) is 5.43. The number of halogens is 1. The number of thiazole rings is 1. The van der Waals surface area contributed by atoms with Crippen LogP contribution in [-0.4, -0.2) is 24.3 Å². The first-order valence-electron chi connectivity index (χ1n) is 8.23. The summed E-state index contributed by atoms with van der Waals surface area (Å²) in [4.78, 5) is 10.4. The summed E-state index contributed by atoms with van der Waals surface area (Å²) in [6.07, 6.45) is 2.96. The fourth-order valence-electron chi connectivity index (χ4n) is 2.38. The summed E-state index contributed by atoms with van der Waals surface area (Å²) in [5, 5.41) is 7.65. The molecule has 6 nitrogen and oxygen atoms in total. The Labute approximate surface area is 159 Å². The number of fused-ring (bicyclic) bond motifs is 1. The maximum absolute atomic E-state index is 5.45. The number of benzene rings is 1. The van der Waals surface area contributed by atoms with Gasteiger partial charge in [0, 0.05) is 17.6 Å². The van der Waals surface area contributed by atoms with Gasteiger partial charge in [-0.25, -0.2) is 9.98 Å². The summed E-state index contributed by atoms with van der Waals surface area (Å²) in [5.41, 5.74) is 1.05. The molecule has 134 valence electrons. The van der Waals surface area contributed by atoms with E-state index in [1.165, 1.54) is 4.88 Å². The number of rotatable bonds is 6. The molecule has 3 rings (SSSR count). The van der Waals surface area contributed by atoms with Gasteiger partial charge in [0.25, 0.3) is 0 Å². The van der Waals surface area contributed by atoms with Crippen LogP contribution in [0, 0.1) is 0 Å². The van der Waals surface area contributed by atoms with Crippen LogP contribution in [0.5, 0.6) is 11.5 Å². The number of ether oxygens (including phenoxy) is 2. The predicted molar refractivity (Wildman–Crippen MR) is 103 cm³/mol. The summed E-state index contributed by atoms with van der Waals surface area (Å²) in [7, 11) is 0. The molecular weight excluding hydrogens is 404 g/mol. The van der Waals surface area contributed by atoms with Gasteiger partial charge in [-0.1, -0.05) is 6.92 Å². The minimum absolute atomic E-state index is 0.262. The van der Waals surface area contributed by atoms with Gasteiger partial charge in [0.05, 0.1) is 17.6 Å². The van der Waals surface area contributed by atoms with Crippen LogP contribution < -0.4 is 20.1 Å². The highest BCUT2D eigenvalue weighted by atomic mass is 79.9. The first-order chi connectivity index (χ1) is 12.2. The molecule has 0 aliphatic carbocycles. The third kappa shape index (κ3) is 4.64. The van der Waals surface area contributed by atoms with Crippen LogP contribution >= 0.6 is 27.3 Å². The molecule has 1 aliphatic rings. The van der Waals surface area contributed by atoms with Crippen LogP contribution in [0.2, 0.25) is 0 Å². The van der Waals surface area contributed by atoms with Gasteiger partial charge in [-0.2, -0.15) is 0 Å². The Morgan fingerprint density at radius 1 is 1.32 bits per heavy atom. The van der Waals surface area contributed by atoms with E-state index in [-0.39, 0.29) is 6.79 Å². The van der Waals surface area contributed by atoms with Gasteiger partial charge >= 0.3 is 0 Å². The van der Waals surface area contributed by atoms with Crippen molar-refractivity contribution in [1.82, 2.24) is 15.6 Å². The Kier molecular flexibility index (Phi) is 6.14. The standard InChI is InChI=1S/C17H21BrN4O2S/c1-3-12-8-20-15(25-12)9-22-17(19-4-2)21-7-11-5-13(18)16-14(6-11)23-10-24-16/h5-6,8H,3-4,7,9-10H2,1-2H3,(H2,19,21,22). The smallest absolute Gasteiger partial charge is 0.231 e. The molecule has 25 heavy (non-hydrogen) atoms. The van der Waals surface area contributed by atoms with Crippen molar-refractivity contribution in [1.29, 1.82) is 0 Å². The molecular formula is C17H21BrN4O2S. The molecule has 1 aromatic carbocycles. The minimum Gasteiger partial charge on any atom is -0.454 e. The number of nitrogens with zero attached hydrogens (tertiary/aromatic N) is 2. The summed E-state index contributed by atoms with van der Waals surface area (Å²) in [6, 6.07) is 3.98. The third-order valence-electron chi connectivity index (χ3n) is 3.61. The lowest BCUT2D eigenvalue weighted by molar-refractivity contribution is 0.173.